The van der Waals surface area contributed by atoms with E-state index in [4.69, 9.17) is 0 Å². The molecule has 1 aliphatic carbocycles. The Bertz CT molecular complexity index is 458. The van der Waals surface area contributed by atoms with Crippen LogP contribution < -0.4 is 24.8 Å². The Labute approximate surface area is 143 Å². The first-order valence-electron chi connectivity index (χ1n) is 5.65. The van der Waals surface area contributed by atoms with E-state index in [0.29, 0.717) is 0 Å². The van der Waals surface area contributed by atoms with Gasteiger partial charge in [0.1, 0.15) is 0 Å². The molecule has 0 N–H and O–H groups in total. The molecule has 0 heterocycles. The molecule has 0 saturated carbocycles. The van der Waals surface area contributed by atoms with Crippen LogP contribution in [-0.2, 0) is 24.2 Å². The maximum Gasteiger partial charge on any atom is -0.0809 e. The monoisotopic (exact) mass is 368 g/mol. The molecule has 0 amide bonds. The van der Waals surface area contributed by atoms with Crippen molar-refractivity contribution < 1.29 is 49.0 Å². The molecule has 2 aromatic rings. The van der Waals surface area contributed by atoms with E-state index in [-0.39, 0.29) is 24.8 Å². The Morgan fingerprint density at radius 1 is 1.21 bits per heavy atom. The topological polar surface area (TPSA) is 0 Å². The zero-order valence-electron chi connectivity index (χ0n) is 10.8. The van der Waals surface area contributed by atoms with Gasteiger partial charge in [0, 0.05) is 0 Å². The largest absolute Gasteiger partial charge is 1.00 e. The van der Waals surface area contributed by atoms with Crippen molar-refractivity contribution in [2.45, 2.75) is 13.3 Å². The van der Waals surface area contributed by atoms with Gasteiger partial charge in [0.05, 0.1) is 0 Å². The molecule has 0 bridgehead atoms. The molecule has 0 unspecified atom stereocenters. The molecule has 0 aliphatic heterocycles. The molecule has 0 fully saturated rings. The van der Waals surface area contributed by atoms with Gasteiger partial charge in [0.25, 0.3) is 0 Å². The van der Waals surface area contributed by atoms with Crippen LogP contribution in [0.1, 0.15) is 13.3 Å². The molecule has 0 nitrogen and oxygen atoms in total. The van der Waals surface area contributed by atoms with Crippen LogP contribution in [0.3, 0.4) is 0 Å². The zero-order chi connectivity index (χ0) is 12.3. The molecule has 0 atom stereocenters. The molecule has 0 radical (unpaired) electrons. The summed E-state index contributed by atoms with van der Waals surface area (Å²) in [5.41, 5.74) is 0. The normalized spacial score (nSPS) is 10.3. The molecule has 2 aromatic carbocycles. The van der Waals surface area contributed by atoms with E-state index >= 15 is 0 Å². The minimum atomic E-state index is 0. The van der Waals surface area contributed by atoms with Gasteiger partial charge in [0.15, 0.2) is 0 Å². The first-order valence-corrected chi connectivity index (χ1v) is 7.07. The Kier molecular flexibility index (Phi) is 15.5. The van der Waals surface area contributed by atoms with Crippen molar-refractivity contribution in [2.24, 2.45) is 0 Å². The second kappa shape index (κ2) is 14.1. The second-order valence-electron chi connectivity index (χ2n) is 3.45. The number of rotatable bonds is 0. The quantitative estimate of drug-likeness (QED) is 0.482. The van der Waals surface area contributed by atoms with Crippen molar-refractivity contribution in [1.82, 2.24) is 0 Å². The standard InChI is InChI=1S/C9H7.C5H5.C2H4.2ClH.Zr/c1-2-5-9-7-3-6-8(9)4-1;1-2-4-5-3-1;1-2;;;/h1-7H;1-3H,4H2;1H,2H3;2*1H;/q2*-1;;;;+2/p-2. The summed E-state index contributed by atoms with van der Waals surface area (Å²) in [6.45, 7) is 2.04. The van der Waals surface area contributed by atoms with E-state index in [2.05, 4.69) is 58.3 Å². The predicted octanol–water partition coefficient (Wildman–Crippen LogP) is -1.77. The van der Waals surface area contributed by atoms with E-state index in [1.165, 1.54) is 35.0 Å². The average Bonchev–Trinajstić information content (AvgIpc) is 3.05. The summed E-state index contributed by atoms with van der Waals surface area (Å²) in [5.74, 6) is 0. The van der Waals surface area contributed by atoms with E-state index in [9.17, 15) is 0 Å². The SMILES string of the molecule is C[CH]=[Zr+2].[C-]1=CC=CC1.[Cl-].[Cl-].c1ccc2[cH-]ccc2c1. The van der Waals surface area contributed by atoms with Crippen molar-refractivity contribution in [2.75, 3.05) is 0 Å². The van der Waals surface area contributed by atoms with Gasteiger partial charge in [-0.1, -0.05) is 6.07 Å². The first-order chi connectivity index (χ1) is 8.38. The fourth-order valence-corrected chi connectivity index (χ4v) is 1.41. The Balaban J connectivity index is 0. The summed E-state index contributed by atoms with van der Waals surface area (Å²) < 4.78 is 2.09. The first kappa shape index (κ1) is 21.0. The third kappa shape index (κ3) is 9.22. The van der Waals surface area contributed by atoms with Crippen LogP contribution in [0.4, 0.5) is 0 Å². The van der Waals surface area contributed by atoms with Crippen LogP contribution in [0.5, 0.6) is 0 Å². The number of benzene rings is 1. The number of allylic oxidation sites excluding steroid dienone is 4. The third-order valence-corrected chi connectivity index (χ3v) is 2.13. The molecule has 1 aliphatic rings. The number of hydrogen-bond acceptors (Lipinski definition) is 0. The number of fused-ring (bicyclic) bond motifs is 1. The molecule has 100 valence electrons. The van der Waals surface area contributed by atoms with Crippen molar-refractivity contribution in [3.63, 3.8) is 0 Å². The molecule has 0 saturated heterocycles. The van der Waals surface area contributed by atoms with Gasteiger partial charge >= 0.3 is 34.9 Å². The summed E-state index contributed by atoms with van der Waals surface area (Å²) in [7, 11) is 0. The average molecular weight is 370 g/mol. The summed E-state index contributed by atoms with van der Waals surface area (Å²) in [6, 6.07) is 14.7. The van der Waals surface area contributed by atoms with Crippen molar-refractivity contribution in [3.05, 3.63) is 66.8 Å². The van der Waals surface area contributed by atoms with Crippen LogP contribution in [0.15, 0.2) is 60.7 Å². The predicted molar refractivity (Wildman–Crippen MR) is 72.8 cm³/mol. The fraction of sp³-hybridized carbons (Fsp3) is 0.125. The molecule has 19 heavy (non-hydrogen) atoms. The van der Waals surface area contributed by atoms with E-state index in [0.717, 1.165) is 6.42 Å². The van der Waals surface area contributed by atoms with Gasteiger partial charge < -0.3 is 24.8 Å². The third-order valence-electron chi connectivity index (χ3n) is 2.13. The molecular formula is C16H16Cl2Zr-2. The number of halogens is 2. The minimum absolute atomic E-state index is 0. The van der Waals surface area contributed by atoms with Gasteiger partial charge in [-0.2, -0.15) is 23.6 Å². The molecule has 3 heteroatoms. The van der Waals surface area contributed by atoms with E-state index in [1.807, 2.05) is 19.1 Å². The second-order valence-corrected chi connectivity index (χ2v) is 4.87. The van der Waals surface area contributed by atoms with Gasteiger partial charge in [-0.05, 0) is 0 Å². The van der Waals surface area contributed by atoms with Crippen LogP contribution in [0, 0.1) is 6.08 Å². The summed E-state index contributed by atoms with van der Waals surface area (Å²) in [5, 5.41) is 2.66. The summed E-state index contributed by atoms with van der Waals surface area (Å²) >= 11 is 1.51. The van der Waals surface area contributed by atoms with Crippen LogP contribution in [-0.4, -0.2) is 3.71 Å². The smallest absolute Gasteiger partial charge is 0.0809 e. The van der Waals surface area contributed by atoms with Crippen LogP contribution in [0.2, 0.25) is 0 Å². The maximum atomic E-state index is 2.99. The van der Waals surface area contributed by atoms with Crippen molar-refractivity contribution in [1.29, 1.82) is 0 Å². The van der Waals surface area contributed by atoms with Gasteiger partial charge in [-0.15, -0.1) is 36.1 Å². The van der Waals surface area contributed by atoms with Gasteiger partial charge in [-0.3, -0.25) is 6.08 Å². The summed E-state index contributed by atoms with van der Waals surface area (Å²) in [4.78, 5) is 0. The van der Waals surface area contributed by atoms with Crippen molar-refractivity contribution >= 4 is 14.5 Å². The molecular weight excluding hydrogens is 354 g/mol. The Morgan fingerprint density at radius 2 is 1.89 bits per heavy atom. The molecule has 0 spiro atoms. The van der Waals surface area contributed by atoms with Crippen LogP contribution in [0.25, 0.3) is 10.8 Å². The fourth-order valence-electron chi connectivity index (χ4n) is 1.41. The van der Waals surface area contributed by atoms with Gasteiger partial charge in [-0.25, -0.2) is 12.2 Å². The van der Waals surface area contributed by atoms with E-state index < -0.39 is 0 Å². The summed E-state index contributed by atoms with van der Waals surface area (Å²) in [6.07, 6.45) is 10.0. The van der Waals surface area contributed by atoms with Crippen molar-refractivity contribution in [3.8, 4) is 0 Å². The Hall–Kier alpha value is -0.357. The molecule has 3 rings (SSSR count). The van der Waals surface area contributed by atoms with E-state index in [1.54, 1.807) is 0 Å². The Morgan fingerprint density at radius 3 is 2.37 bits per heavy atom. The molecule has 0 aromatic heterocycles. The minimum Gasteiger partial charge on any atom is -1.00 e. The number of hydrogen-bond donors (Lipinski definition) is 0. The van der Waals surface area contributed by atoms with Crippen LogP contribution >= 0.6 is 0 Å². The maximum absolute atomic E-state index is 2.99. The van der Waals surface area contributed by atoms with Gasteiger partial charge in [0.2, 0.25) is 0 Å². The zero-order valence-corrected chi connectivity index (χ0v) is 14.8.